The number of benzene rings is 2. The Kier molecular flexibility index (Phi) is 6.24. The van der Waals surface area contributed by atoms with Crippen molar-refractivity contribution in [1.29, 1.82) is 0 Å². The molecule has 2 aromatic carbocycles. The van der Waals surface area contributed by atoms with Crippen LogP contribution in [0.1, 0.15) is 24.5 Å². The van der Waals surface area contributed by atoms with Crippen molar-refractivity contribution in [3.8, 4) is 0 Å². The number of halogens is 1. The van der Waals surface area contributed by atoms with Crippen LogP contribution in [0.3, 0.4) is 0 Å². The molecule has 0 aromatic heterocycles. The smallest absolute Gasteiger partial charge is 0.414 e. The van der Waals surface area contributed by atoms with E-state index in [1.54, 1.807) is 47.1 Å². The van der Waals surface area contributed by atoms with Gasteiger partial charge in [-0.25, -0.2) is 4.79 Å². The van der Waals surface area contributed by atoms with Gasteiger partial charge in [0.1, 0.15) is 6.61 Å². The summed E-state index contributed by atoms with van der Waals surface area (Å²) in [6.45, 7) is 2.89. The van der Waals surface area contributed by atoms with Gasteiger partial charge in [-0.05, 0) is 42.3 Å². The molecule has 2 heterocycles. The lowest BCUT2D eigenvalue weighted by molar-refractivity contribution is -0.139. The molecule has 0 radical (unpaired) electrons. The van der Waals surface area contributed by atoms with Gasteiger partial charge < -0.3 is 19.8 Å². The van der Waals surface area contributed by atoms with E-state index < -0.39 is 17.4 Å². The van der Waals surface area contributed by atoms with E-state index >= 15 is 0 Å². The Hall–Kier alpha value is -2.87. The zero-order chi connectivity index (χ0) is 22.9. The van der Waals surface area contributed by atoms with Gasteiger partial charge >= 0.3 is 6.09 Å². The Morgan fingerprint density at radius 2 is 1.97 bits per heavy atom. The molecule has 0 aliphatic carbocycles. The van der Waals surface area contributed by atoms with Crippen molar-refractivity contribution in [3.63, 3.8) is 0 Å². The zero-order valence-electron chi connectivity index (χ0n) is 17.7. The van der Waals surface area contributed by atoms with Crippen LogP contribution >= 0.6 is 11.6 Å². The van der Waals surface area contributed by atoms with E-state index in [9.17, 15) is 14.7 Å². The van der Waals surface area contributed by atoms with Crippen molar-refractivity contribution in [3.05, 3.63) is 70.8 Å². The molecule has 1 saturated heterocycles. The van der Waals surface area contributed by atoms with Gasteiger partial charge in [-0.1, -0.05) is 42.8 Å². The first-order valence-electron chi connectivity index (χ1n) is 10.5. The molecule has 2 aliphatic rings. The lowest BCUT2D eigenvalue weighted by atomic mass is 9.83. The summed E-state index contributed by atoms with van der Waals surface area (Å²) in [6, 6.07) is 12.4. The highest BCUT2D eigenvalue weighted by atomic mass is 35.5. The van der Waals surface area contributed by atoms with Gasteiger partial charge in [-0.15, -0.1) is 0 Å². The van der Waals surface area contributed by atoms with Crippen molar-refractivity contribution in [2.24, 2.45) is 5.92 Å². The quantitative estimate of drug-likeness (QED) is 0.621. The van der Waals surface area contributed by atoms with E-state index in [1.807, 2.05) is 24.3 Å². The van der Waals surface area contributed by atoms with E-state index in [0.29, 0.717) is 35.8 Å². The first-order chi connectivity index (χ1) is 15.4. The molecular weight excluding hydrogens is 432 g/mol. The minimum absolute atomic E-state index is 0.00468. The lowest BCUT2D eigenvalue weighted by Gasteiger charge is -2.27. The number of fused-ring (bicyclic) bond motifs is 1. The van der Waals surface area contributed by atoms with Gasteiger partial charge in [0.15, 0.2) is 5.60 Å². The molecule has 0 bridgehead atoms. The zero-order valence-corrected chi connectivity index (χ0v) is 18.5. The SMILES string of the molecule is C[C@H](/C=C/CCO)[C@@]1(O)C(=O)N(Cc2ccc(N3CCOC3=O)cc2)c2ccc(Cl)cc21. The van der Waals surface area contributed by atoms with Crippen LogP contribution < -0.4 is 9.80 Å². The van der Waals surface area contributed by atoms with Crippen molar-refractivity contribution in [1.82, 2.24) is 0 Å². The maximum Gasteiger partial charge on any atom is 0.414 e. The number of hydrogen-bond acceptors (Lipinski definition) is 5. The first-order valence-corrected chi connectivity index (χ1v) is 10.9. The highest BCUT2D eigenvalue weighted by Gasteiger charge is 2.52. The highest BCUT2D eigenvalue weighted by Crippen LogP contribution is 2.46. The Bertz CT molecular complexity index is 1050. The predicted octanol–water partition coefficient (Wildman–Crippen LogP) is 3.61. The summed E-state index contributed by atoms with van der Waals surface area (Å²) in [7, 11) is 0. The summed E-state index contributed by atoms with van der Waals surface area (Å²) in [5, 5.41) is 21.0. The van der Waals surface area contributed by atoms with Crippen LogP contribution in [0.2, 0.25) is 5.02 Å². The van der Waals surface area contributed by atoms with Gasteiger partial charge in [-0.3, -0.25) is 9.69 Å². The summed E-state index contributed by atoms with van der Waals surface area (Å²) in [5.41, 5.74) is 0.897. The van der Waals surface area contributed by atoms with Crippen molar-refractivity contribution >= 4 is 35.0 Å². The Balaban J connectivity index is 1.62. The summed E-state index contributed by atoms with van der Waals surface area (Å²) in [6.07, 6.45) is 3.57. The molecule has 7 nitrogen and oxygen atoms in total. The molecule has 2 N–H and O–H groups in total. The second kappa shape index (κ2) is 8.94. The van der Waals surface area contributed by atoms with E-state index in [0.717, 1.165) is 11.3 Å². The minimum atomic E-state index is -1.76. The van der Waals surface area contributed by atoms with E-state index in [1.165, 1.54) is 0 Å². The second-order valence-electron chi connectivity index (χ2n) is 7.98. The number of nitrogens with zero attached hydrogens (tertiary/aromatic N) is 2. The van der Waals surface area contributed by atoms with Crippen LogP contribution in [-0.2, 0) is 21.7 Å². The predicted molar refractivity (Wildman–Crippen MR) is 122 cm³/mol. The Labute approximate surface area is 191 Å². The molecule has 8 heteroatoms. The van der Waals surface area contributed by atoms with E-state index in [2.05, 4.69) is 0 Å². The number of ether oxygens (including phenoxy) is 1. The Morgan fingerprint density at radius 1 is 1.22 bits per heavy atom. The third-order valence-electron chi connectivity index (χ3n) is 5.96. The molecular formula is C24H25ClN2O5. The number of aliphatic hydroxyl groups excluding tert-OH is 1. The van der Waals surface area contributed by atoms with Crippen LogP contribution in [-0.4, -0.2) is 42.0 Å². The highest BCUT2D eigenvalue weighted by molar-refractivity contribution is 6.31. The van der Waals surface area contributed by atoms with Gasteiger partial charge in [0, 0.05) is 28.8 Å². The van der Waals surface area contributed by atoms with Crippen molar-refractivity contribution < 1.29 is 24.5 Å². The molecule has 168 valence electrons. The average Bonchev–Trinajstić information content (AvgIpc) is 3.30. The second-order valence-corrected chi connectivity index (χ2v) is 8.42. The maximum atomic E-state index is 13.5. The molecule has 2 atom stereocenters. The molecule has 2 aliphatic heterocycles. The molecule has 32 heavy (non-hydrogen) atoms. The molecule has 4 rings (SSSR count). The minimum Gasteiger partial charge on any atom is -0.447 e. The number of carbonyl (C=O) groups is 2. The van der Waals surface area contributed by atoms with E-state index in [-0.39, 0.29) is 19.2 Å². The average molecular weight is 457 g/mol. The first kappa shape index (κ1) is 22.3. The molecule has 0 spiro atoms. The number of carbonyl (C=O) groups excluding carboxylic acids is 2. The molecule has 0 saturated carbocycles. The molecule has 2 amide bonds. The number of aliphatic hydroxyl groups is 2. The molecule has 1 fully saturated rings. The third kappa shape index (κ3) is 3.88. The van der Waals surface area contributed by atoms with Gasteiger partial charge in [-0.2, -0.15) is 0 Å². The van der Waals surface area contributed by atoms with Gasteiger partial charge in [0.2, 0.25) is 0 Å². The lowest BCUT2D eigenvalue weighted by Crippen LogP contribution is -2.44. The van der Waals surface area contributed by atoms with Crippen molar-refractivity contribution in [2.45, 2.75) is 25.5 Å². The monoisotopic (exact) mass is 456 g/mol. The van der Waals surface area contributed by atoms with Gasteiger partial charge in [0.05, 0.1) is 18.8 Å². The summed E-state index contributed by atoms with van der Waals surface area (Å²) in [4.78, 5) is 28.4. The number of hydrogen-bond donors (Lipinski definition) is 2. The largest absolute Gasteiger partial charge is 0.447 e. The van der Waals surface area contributed by atoms with Crippen LogP contribution in [0.25, 0.3) is 0 Å². The number of rotatable bonds is 7. The third-order valence-corrected chi connectivity index (χ3v) is 6.20. The summed E-state index contributed by atoms with van der Waals surface area (Å²) >= 11 is 6.19. The number of amides is 2. The molecule has 2 aromatic rings. The topological polar surface area (TPSA) is 90.3 Å². The van der Waals surface area contributed by atoms with Crippen molar-refractivity contribution in [2.75, 3.05) is 29.6 Å². The standard InChI is InChI=1S/C24H25ClN2O5/c1-16(4-2-3-12-28)24(31)20-14-18(25)7-10-21(20)27(22(24)29)15-17-5-8-19(9-6-17)26-11-13-32-23(26)30/h2,4-10,14,16,28,31H,3,11-13,15H2,1H3/b4-2+/t16-,24+/m1/s1. The van der Waals surface area contributed by atoms with Crippen LogP contribution in [0, 0.1) is 5.92 Å². The van der Waals surface area contributed by atoms with Crippen LogP contribution in [0.15, 0.2) is 54.6 Å². The Morgan fingerprint density at radius 3 is 2.62 bits per heavy atom. The fourth-order valence-corrected chi connectivity index (χ4v) is 4.35. The van der Waals surface area contributed by atoms with Crippen LogP contribution in [0.4, 0.5) is 16.2 Å². The number of anilines is 2. The van der Waals surface area contributed by atoms with Gasteiger partial charge in [0.25, 0.3) is 5.91 Å². The fraction of sp³-hybridized carbons (Fsp3) is 0.333. The summed E-state index contributed by atoms with van der Waals surface area (Å²) in [5.74, 6) is -0.949. The normalized spacial score (nSPS) is 21.4. The fourth-order valence-electron chi connectivity index (χ4n) is 4.18. The van der Waals surface area contributed by atoms with E-state index in [4.69, 9.17) is 21.4 Å². The summed E-state index contributed by atoms with van der Waals surface area (Å²) < 4.78 is 4.98. The maximum absolute atomic E-state index is 13.5. The molecule has 0 unspecified atom stereocenters. The number of cyclic esters (lactones) is 1. The van der Waals surface area contributed by atoms with Crippen LogP contribution in [0.5, 0.6) is 0 Å².